The van der Waals surface area contributed by atoms with Gasteiger partial charge in [0, 0.05) is 15.7 Å². The normalized spacial score (nSPS) is 16.7. The van der Waals surface area contributed by atoms with Crippen molar-refractivity contribution in [3.63, 3.8) is 0 Å². The topological polar surface area (TPSA) is 71.3 Å². The van der Waals surface area contributed by atoms with Gasteiger partial charge in [-0.15, -0.1) is 0 Å². The first-order chi connectivity index (χ1) is 12.7. The molecule has 132 valence electrons. The molecule has 1 aliphatic heterocycles. The van der Waals surface area contributed by atoms with Gasteiger partial charge < -0.3 is 14.7 Å². The summed E-state index contributed by atoms with van der Waals surface area (Å²) in [6.45, 7) is 0.670. The number of nitrogens with one attached hydrogen (secondary N) is 1. The van der Waals surface area contributed by atoms with Crippen LogP contribution in [0.3, 0.4) is 0 Å². The Morgan fingerprint density at radius 3 is 2.73 bits per heavy atom. The lowest BCUT2D eigenvalue weighted by Crippen LogP contribution is -2.34. The van der Waals surface area contributed by atoms with Crippen molar-refractivity contribution in [3.8, 4) is 11.4 Å². The molecule has 6 nitrogen and oxygen atoms in total. The van der Waals surface area contributed by atoms with Crippen LogP contribution in [-0.4, -0.2) is 27.6 Å². The highest BCUT2D eigenvalue weighted by atomic mass is 127. The summed E-state index contributed by atoms with van der Waals surface area (Å²) in [6.07, 6.45) is 1.72. The highest BCUT2D eigenvalue weighted by Crippen LogP contribution is 2.32. The second-order valence-corrected chi connectivity index (χ2v) is 7.25. The largest absolute Gasteiger partial charge is 0.337 e. The number of carbonyl (C=O) groups is 1. The summed E-state index contributed by atoms with van der Waals surface area (Å²) in [5, 5.41) is 7.06. The van der Waals surface area contributed by atoms with E-state index in [-0.39, 0.29) is 12.1 Å². The molecule has 0 bridgehead atoms. The minimum Gasteiger partial charge on any atom is -0.337 e. The first-order valence-corrected chi connectivity index (χ1v) is 9.51. The zero-order valence-electron chi connectivity index (χ0n) is 13.9. The molecule has 0 spiro atoms. The van der Waals surface area contributed by atoms with E-state index in [1.807, 2.05) is 54.6 Å². The number of amides is 2. The molecule has 2 amide bonds. The van der Waals surface area contributed by atoms with Gasteiger partial charge in [-0.1, -0.05) is 47.6 Å². The van der Waals surface area contributed by atoms with Gasteiger partial charge >= 0.3 is 6.03 Å². The second-order valence-electron chi connectivity index (χ2n) is 6.08. The lowest BCUT2D eigenvalue weighted by atomic mass is 10.2. The lowest BCUT2D eigenvalue weighted by molar-refractivity contribution is 0.193. The number of anilines is 1. The average molecular weight is 460 g/mol. The molecule has 2 heterocycles. The monoisotopic (exact) mass is 460 g/mol. The third kappa shape index (κ3) is 3.44. The number of nitrogens with zero attached hydrogens (tertiary/aromatic N) is 3. The quantitative estimate of drug-likeness (QED) is 0.575. The van der Waals surface area contributed by atoms with Crippen LogP contribution in [0.4, 0.5) is 10.5 Å². The summed E-state index contributed by atoms with van der Waals surface area (Å²) in [5.74, 6) is 1.03. The molecule has 3 aromatic rings. The number of benzene rings is 2. The SMILES string of the molecule is O=C(Nc1ccccc1I)N1CCC[C@H]1c1nc(-c2ccccc2)no1. The van der Waals surface area contributed by atoms with Crippen molar-refractivity contribution in [2.45, 2.75) is 18.9 Å². The molecule has 0 radical (unpaired) electrons. The van der Waals surface area contributed by atoms with E-state index in [4.69, 9.17) is 4.52 Å². The summed E-state index contributed by atoms with van der Waals surface area (Å²) in [5.41, 5.74) is 1.70. The number of para-hydroxylation sites is 1. The van der Waals surface area contributed by atoms with E-state index in [0.717, 1.165) is 27.7 Å². The Bertz CT molecular complexity index is 913. The zero-order valence-corrected chi connectivity index (χ0v) is 16.1. The highest BCUT2D eigenvalue weighted by Gasteiger charge is 2.34. The van der Waals surface area contributed by atoms with E-state index in [1.165, 1.54) is 0 Å². The third-order valence-corrected chi connectivity index (χ3v) is 5.33. The van der Waals surface area contributed by atoms with E-state index in [0.29, 0.717) is 18.3 Å². The number of rotatable bonds is 3. The number of carbonyl (C=O) groups excluding carboxylic acids is 1. The predicted molar refractivity (Wildman–Crippen MR) is 107 cm³/mol. The molecule has 1 N–H and O–H groups in total. The van der Waals surface area contributed by atoms with Crippen LogP contribution in [0.1, 0.15) is 24.8 Å². The van der Waals surface area contributed by atoms with Crippen LogP contribution in [0.25, 0.3) is 11.4 Å². The van der Waals surface area contributed by atoms with Gasteiger partial charge in [-0.05, 0) is 47.6 Å². The Morgan fingerprint density at radius 1 is 1.15 bits per heavy atom. The smallest absolute Gasteiger partial charge is 0.322 e. The molecule has 0 saturated carbocycles. The van der Waals surface area contributed by atoms with Crippen LogP contribution in [0.5, 0.6) is 0 Å². The summed E-state index contributed by atoms with van der Waals surface area (Å²) < 4.78 is 6.47. The number of hydrogen-bond donors (Lipinski definition) is 1. The molecule has 2 aromatic carbocycles. The highest BCUT2D eigenvalue weighted by molar-refractivity contribution is 14.1. The van der Waals surface area contributed by atoms with Gasteiger partial charge in [-0.25, -0.2) is 4.79 Å². The predicted octanol–water partition coefficient (Wildman–Crippen LogP) is 4.71. The van der Waals surface area contributed by atoms with Crippen LogP contribution < -0.4 is 5.32 Å². The minimum atomic E-state index is -0.193. The van der Waals surface area contributed by atoms with Gasteiger partial charge in [-0.3, -0.25) is 0 Å². The molecule has 26 heavy (non-hydrogen) atoms. The van der Waals surface area contributed by atoms with Gasteiger partial charge in [0.25, 0.3) is 0 Å². The molecule has 1 aliphatic rings. The number of halogens is 1. The molecular formula is C19H17IN4O2. The fraction of sp³-hybridized carbons (Fsp3) is 0.211. The molecule has 1 aromatic heterocycles. The Balaban J connectivity index is 1.53. The van der Waals surface area contributed by atoms with Crippen molar-refractivity contribution in [1.29, 1.82) is 0 Å². The third-order valence-electron chi connectivity index (χ3n) is 4.39. The molecule has 1 fully saturated rings. The maximum atomic E-state index is 12.7. The van der Waals surface area contributed by atoms with Crippen LogP contribution in [0.2, 0.25) is 0 Å². The Labute approximate surface area is 164 Å². The summed E-state index contributed by atoms with van der Waals surface area (Å²) in [6, 6.07) is 17.0. The Kier molecular flexibility index (Phi) is 4.87. The minimum absolute atomic E-state index is 0.143. The second kappa shape index (κ2) is 7.45. The van der Waals surface area contributed by atoms with Gasteiger partial charge in [0.15, 0.2) is 0 Å². The summed E-state index contributed by atoms with van der Waals surface area (Å²) in [4.78, 5) is 19.0. The van der Waals surface area contributed by atoms with E-state index in [2.05, 4.69) is 38.0 Å². The van der Waals surface area contributed by atoms with Gasteiger partial charge in [0.05, 0.1) is 5.69 Å². The van der Waals surface area contributed by atoms with E-state index in [9.17, 15) is 4.79 Å². The molecule has 0 aliphatic carbocycles. The lowest BCUT2D eigenvalue weighted by Gasteiger charge is -2.22. The van der Waals surface area contributed by atoms with Crippen LogP contribution in [-0.2, 0) is 0 Å². The molecular weight excluding hydrogens is 443 g/mol. The van der Waals surface area contributed by atoms with E-state index in [1.54, 1.807) is 4.90 Å². The fourth-order valence-electron chi connectivity index (χ4n) is 3.09. The number of likely N-dealkylation sites (tertiary alicyclic amines) is 1. The maximum Gasteiger partial charge on any atom is 0.322 e. The standard InChI is InChI=1S/C19H17IN4O2/c20-14-9-4-5-10-15(14)21-19(25)24-12-6-11-16(24)18-22-17(23-26-18)13-7-2-1-3-8-13/h1-5,7-10,16H,6,11-12H2,(H,21,25)/t16-/m0/s1. The zero-order chi connectivity index (χ0) is 17.9. The number of hydrogen-bond acceptors (Lipinski definition) is 4. The number of urea groups is 1. The van der Waals surface area contributed by atoms with Crippen molar-refractivity contribution < 1.29 is 9.32 Å². The van der Waals surface area contributed by atoms with Gasteiger partial charge in [0.1, 0.15) is 6.04 Å². The first kappa shape index (κ1) is 17.0. The molecule has 4 rings (SSSR count). The molecule has 1 atom stereocenters. The molecule has 7 heteroatoms. The molecule has 0 unspecified atom stereocenters. The fourth-order valence-corrected chi connectivity index (χ4v) is 3.61. The van der Waals surface area contributed by atoms with Crippen LogP contribution in [0.15, 0.2) is 59.1 Å². The van der Waals surface area contributed by atoms with Gasteiger partial charge in [0.2, 0.25) is 11.7 Å². The Hall–Kier alpha value is -2.42. The summed E-state index contributed by atoms with van der Waals surface area (Å²) >= 11 is 2.21. The van der Waals surface area contributed by atoms with Crippen molar-refractivity contribution in [2.24, 2.45) is 0 Å². The van der Waals surface area contributed by atoms with Crippen molar-refractivity contribution >= 4 is 34.3 Å². The average Bonchev–Trinajstić information content (AvgIpc) is 3.33. The molecule has 1 saturated heterocycles. The van der Waals surface area contributed by atoms with E-state index >= 15 is 0 Å². The number of aromatic nitrogens is 2. The van der Waals surface area contributed by atoms with Crippen LogP contribution >= 0.6 is 22.6 Å². The summed E-state index contributed by atoms with van der Waals surface area (Å²) in [7, 11) is 0. The maximum absolute atomic E-state index is 12.7. The van der Waals surface area contributed by atoms with Crippen molar-refractivity contribution in [3.05, 3.63) is 64.1 Å². The van der Waals surface area contributed by atoms with Crippen LogP contribution in [0, 0.1) is 3.57 Å². The van der Waals surface area contributed by atoms with Gasteiger partial charge in [-0.2, -0.15) is 4.98 Å². The van der Waals surface area contributed by atoms with Crippen molar-refractivity contribution in [2.75, 3.05) is 11.9 Å². The van der Waals surface area contributed by atoms with E-state index < -0.39 is 0 Å². The van der Waals surface area contributed by atoms with Crippen molar-refractivity contribution in [1.82, 2.24) is 15.0 Å². The first-order valence-electron chi connectivity index (χ1n) is 8.43. The Morgan fingerprint density at radius 2 is 1.92 bits per heavy atom.